The van der Waals surface area contributed by atoms with Crippen molar-refractivity contribution >= 4 is 22.5 Å². The van der Waals surface area contributed by atoms with Gasteiger partial charge in [0, 0.05) is 24.7 Å². The Morgan fingerprint density at radius 3 is 2.58 bits per heavy atom. The highest BCUT2D eigenvalue weighted by Gasteiger charge is 2.42. The number of morpholine rings is 2. The normalized spacial score (nSPS) is 25.9. The van der Waals surface area contributed by atoms with Crippen LogP contribution in [-0.2, 0) is 15.7 Å². The van der Waals surface area contributed by atoms with Gasteiger partial charge in [-0.25, -0.2) is 4.98 Å². The molecule has 33 heavy (non-hydrogen) atoms. The molecule has 3 aliphatic rings. The first-order chi connectivity index (χ1) is 15.9. The zero-order valence-electron chi connectivity index (χ0n) is 18.0. The molecule has 0 aliphatic carbocycles. The van der Waals surface area contributed by atoms with Crippen LogP contribution in [0.5, 0.6) is 0 Å². The molecule has 3 atom stereocenters. The van der Waals surface area contributed by atoms with Gasteiger partial charge in [-0.3, -0.25) is 5.10 Å². The standard InChI is InChI=1S/C21H24F3N7O2/c1-12-9-32-7-6-29(12)15-8-17(30-13-2-3-14(30)11-33-10-13)26-20-18(15)19(21(22,23)24)28-31(20)16-4-5-25-27-16/h4-5,8,12-14H,2-3,6-7,9-11H2,1H3,(H,25,27)/t12-,13?,14?/m1/s1. The second-order valence-corrected chi connectivity index (χ2v) is 8.85. The Morgan fingerprint density at radius 2 is 1.91 bits per heavy atom. The summed E-state index contributed by atoms with van der Waals surface area (Å²) in [7, 11) is 0. The van der Waals surface area contributed by atoms with E-state index in [2.05, 4.69) is 20.2 Å². The van der Waals surface area contributed by atoms with Crippen LogP contribution in [0.3, 0.4) is 0 Å². The van der Waals surface area contributed by atoms with Crippen molar-refractivity contribution in [2.24, 2.45) is 0 Å². The highest BCUT2D eigenvalue weighted by molar-refractivity contribution is 5.95. The number of pyridine rings is 1. The first-order valence-corrected chi connectivity index (χ1v) is 11.1. The number of H-pyrrole nitrogens is 1. The van der Waals surface area contributed by atoms with Crippen molar-refractivity contribution in [1.82, 2.24) is 25.0 Å². The zero-order valence-corrected chi connectivity index (χ0v) is 18.0. The molecule has 176 valence electrons. The molecule has 6 rings (SSSR count). The molecule has 0 amide bonds. The lowest BCUT2D eigenvalue weighted by atomic mass is 10.1. The van der Waals surface area contributed by atoms with E-state index in [-0.39, 0.29) is 29.2 Å². The molecule has 0 spiro atoms. The fourth-order valence-corrected chi connectivity index (χ4v) is 5.26. The van der Waals surface area contributed by atoms with E-state index in [1.807, 2.05) is 11.8 Å². The largest absolute Gasteiger partial charge is 0.435 e. The van der Waals surface area contributed by atoms with Gasteiger partial charge in [0.2, 0.25) is 0 Å². The van der Waals surface area contributed by atoms with Crippen LogP contribution in [0.4, 0.5) is 24.7 Å². The van der Waals surface area contributed by atoms with Crippen LogP contribution >= 0.6 is 0 Å². The number of fused-ring (bicyclic) bond motifs is 3. The molecule has 6 heterocycles. The van der Waals surface area contributed by atoms with Crippen LogP contribution in [0.15, 0.2) is 18.3 Å². The Balaban J connectivity index is 1.63. The summed E-state index contributed by atoms with van der Waals surface area (Å²) in [5.41, 5.74) is -0.316. The number of ether oxygens (including phenoxy) is 2. The van der Waals surface area contributed by atoms with Gasteiger partial charge in [-0.05, 0) is 19.8 Å². The van der Waals surface area contributed by atoms with Gasteiger partial charge in [-0.2, -0.15) is 28.1 Å². The van der Waals surface area contributed by atoms with Crippen molar-refractivity contribution in [3.05, 3.63) is 24.0 Å². The average Bonchev–Trinajstić information content (AvgIpc) is 3.49. The van der Waals surface area contributed by atoms with Gasteiger partial charge in [0.05, 0.1) is 55.8 Å². The smallest absolute Gasteiger partial charge is 0.377 e. The summed E-state index contributed by atoms with van der Waals surface area (Å²) in [5.74, 6) is 0.979. The summed E-state index contributed by atoms with van der Waals surface area (Å²) >= 11 is 0. The minimum absolute atomic E-state index is 0.00444. The van der Waals surface area contributed by atoms with Crippen molar-refractivity contribution in [2.75, 3.05) is 42.8 Å². The number of nitrogens with zero attached hydrogens (tertiary/aromatic N) is 6. The molecule has 3 fully saturated rings. The summed E-state index contributed by atoms with van der Waals surface area (Å²) in [6.07, 6.45) is -1.22. The van der Waals surface area contributed by atoms with E-state index in [1.54, 1.807) is 12.1 Å². The van der Waals surface area contributed by atoms with Gasteiger partial charge in [-0.15, -0.1) is 0 Å². The Kier molecular flexibility index (Phi) is 4.77. The lowest BCUT2D eigenvalue weighted by Crippen LogP contribution is -2.47. The van der Waals surface area contributed by atoms with Crippen LogP contribution in [0.2, 0.25) is 0 Å². The lowest BCUT2D eigenvalue weighted by molar-refractivity contribution is -0.140. The fourth-order valence-electron chi connectivity index (χ4n) is 5.26. The zero-order chi connectivity index (χ0) is 22.7. The summed E-state index contributed by atoms with van der Waals surface area (Å²) < 4.78 is 55.1. The molecule has 3 saturated heterocycles. The van der Waals surface area contributed by atoms with E-state index in [4.69, 9.17) is 14.5 Å². The molecule has 3 aromatic rings. The second-order valence-electron chi connectivity index (χ2n) is 8.85. The number of aromatic amines is 1. The number of hydrogen-bond acceptors (Lipinski definition) is 7. The minimum atomic E-state index is -4.64. The number of nitrogens with one attached hydrogen (secondary N) is 1. The third kappa shape index (κ3) is 3.34. The third-order valence-electron chi connectivity index (χ3n) is 6.77. The summed E-state index contributed by atoms with van der Waals surface area (Å²) in [4.78, 5) is 8.97. The van der Waals surface area contributed by atoms with E-state index in [9.17, 15) is 13.2 Å². The van der Waals surface area contributed by atoms with E-state index in [1.165, 1.54) is 10.9 Å². The van der Waals surface area contributed by atoms with Crippen LogP contribution in [0, 0.1) is 0 Å². The van der Waals surface area contributed by atoms with Crippen molar-refractivity contribution < 1.29 is 22.6 Å². The quantitative estimate of drug-likeness (QED) is 0.640. The molecule has 1 N–H and O–H groups in total. The second kappa shape index (κ2) is 7.59. The summed E-state index contributed by atoms with van der Waals surface area (Å²) in [6, 6.07) is 3.62. The maximum Gasteiger partial charge on any atom is 0.435 e. The van der Waals surface area contributed by atoms with Crippen molar-refractivity contribution in [3.8, 4) is 5.82 Å². The maximum atomic E-state index is 14.2. The summed E-state index contributed by atoms with van der Waals surface area (Å²) in [6.45, 7) is 4.51. The van der Waals surface area contributed by atoms with Crippen LogP contribution in [0.1, 0.15) is 25.5 Å². The number of aromatic nitrogens is 5. The van der Waals surface area contributed by atoms with Crippen LogP contribution in [0.25, 0.3) is 16.9 Å². The number of rotatable bonds is 3. The molecule has 2 unspecified atom stereocenters. The minimum Gasteiger partial charge on any atom is -0.377 e. The topological polar surface area (TPSA) is 84.3 Å². The first kappa shape index (κ1) is 20.7. The Bertz CT molecular complexity index is 1150. The average molecular weight is 463 g/mol. The number of alkyl halides is 3. The molecule has 2 bridgehead atoms. The molecule has 3 aromatic heterocycles. The molecule has 12 heteroatoms. The predicted molar refractivity (Wildman–Crippen MR) is 114 cm³/mol. The van der Waals surface area contributed by atoms with Gasteiger partial charge in [0.25, 0.3) is 0 Å². The Morgan fingerprint density at radius 1 is 1.12 bits per heavy atom. The lowest BCUT2D eigenvalue weighted by Gasteiger charge is -2.38. The fraction of sp³-hybridized carbons (Fsp3) is 0.571. The maximum absolute atomic E-state index is 14.2. The van der Waals surface area contributed by atoms with Crippen molar-refractivity contribution in [2.45, 2.75) is 44.1 Å². The predicted octanol–water partition coefficient (Wildman–Crippen LogP) is 2.76. The SMILES string of the molecule is C[C@@H]1COCCN1c1cc(N2C3CCC2COC3)nc2c1c(C(F)(F)F)nn2-c1ccn[nH]1. The summed E-state index contributed by atoms with van der Waals surface area (Å²) in [5, 5.41) is 10.6. The third-order valence-corrected chi connectivity index (χ3v) is 6.77. The Hall–Kier alpha value is -2.86. The van der Waals surface area contributed by atoms with Crippen molar-refractivity contribution in [3.63, 3.8) is 0 Å². The number of halogens is 3. The van der Waals surface area contributed by atoms with Crippen LogP contribution < -0.4 is 9.80 Å². The molecule has 9 nitrogen and oxygen atoms in total. The molecule has 0 aromatic carbocycles. The van der Waals surface area contributed by atoms with Gasteiger partial charge in [-0.1, -0.05) is 0 Å². The molecule has 3 aliphatic heterocycles. The number of anilines is 2. The van der Waals surface area contributed by atoms with E-state index < -0.39 is 11.9 Å². The molecule has 0 saturated carbocycles. The molecular formula is C21H24F3N7O2. The highest BCUT2D eigenvalue weighted by atomic mass is 19.4. The van der Waals surface area contributed by atoms with Gasteiger partial charge >= 0.3 is 6.18 Å². The molecule has 0 radical (unpaired) electrons. The van der Waals surface area contributed by atoms with E-state index >= 15 is 0 Å². The van der Waals surface area contributed by atoms with Gasteiger partial charge < -0.3 is 19.3 Å². The monoisotopic (exact) mass is 463 g/mol. The van der Waals surface area contributed by atoms with Gasteiger partial charge in [0.15, 0.2) is 17.2 Å². The Labute approximate surface area is 187 Å². The van der Waals surface area contributed by atoms with Crippen molar-refractivity contribution in [1.29, 1.82) is 0 Å². The molecular weight excluding hydrogens is 439 g/mol. The van der Waals surface area contributed by atoms with E-state index in [0.29, 0.717) is 50.3 Å². The van der Waals surface area contributed by atoms with Crippen LogP contribution in [-0.4, -0.2) is 76.1 Å². The number of hydrogen-bond donors (Lipinski definition) is 1. The van der Waals surface area contributed by atoms with E-state index in [0.717, 1.165) is 12.8 Å². The van der Waals surface area contributed by atoms with Gasteiger partial charge in [0.1, 0.15) is 5.82 Å². The first-order valence-electron chi connectivity index (χ1n) is 11.1. The highest BCUT2D eigenvalue weighted by Crippen LogP contribution is 2.43.